The molecular weight excluding hydrogens is 302 g/mol. The average molecular weight is 317 g/mol. The van der Waals surface area contributed by atoms with Gasteiger partial charge in [0.05, 0.1) is 16.6 Å². The summed E-state index contributed by atoms with van der Waals surface area (Å²) in [7, 11) is 0. The number of benzene rings is 3. The van der Waals surface area contributed by atoms with E-state index in [0.717, 1.165) is 5.22 Å². The van der Waals surface area contributed by atoms with E-state index in [0.29, 0.717) is 0 Å². The highest BCUT2D eigenvalue weighted by Gasteiger charge is 2.24. The summed E-state index contributed by atoms with van der Waals surface area (Å²) in [4.78, 5) is 0. The summed E-state index contributed by atoms with van der Waals surface area (Å²) in [5.74, 6) is 0. The number of aromatic nitrogens is 1. The van der Waals surface area contributed by atoms with E-state index in [1.54, 1.807) is 0 Å². The van der Waals surface area contributed by atoms with Crippen molar-refractivity contribution >= 4 is 40.0 Å². The van der Waals surface area contributed by atoms with E-state index in [-0.39, 0.29) is 0 Å². The van der Waals surface area contributed by atoms with Gasteiger partial charge in [0.2, 0.25) is 0 Å². The Morgan fingerprint density at radius 3 is 1.84 bits per heavy atom. The van der Waals surface area contributed by atoms with Crippen molar-refractivity contribution < 1.29 is 0 Å². The summed E-state index contributed by atoms with van der Waals surface area (Å²) in [6.07, 6.45) is 1.97. The van der Waals surface area contributed by atoms with E-state index in [9.17, 15) is 0 Å². The number of hydrogen-bond acceptors (Lipinski definition) is 0. The molecule has 0 unspecified atom stereocenters. The molecule has 0 saturated carbocycles. The number of para-hydroxylation sites is 2. The molecule has 1 nitrogen and oxygen atoms in total. The van der Waals surface area contributed by atoms with Crippen LogP contribution in [0.15, 0.2) is 67.2 Å². The maximum absolute atomic E-state index is 4.42. The molecule has 116 valence electrons. The predicted octanol–water partition coefficient (Wildman–Crippen LogP) is 5.67. The zero-order valence-electron chi connectivity index (χ0n) is 13.7. The molecule has 0 saturated heterocycles. The van der Waals surface area contributed by atoms with E-state index in [2.05, 4.69) is 78.2 Å². The first-order valence-electron chi connectivity index (χ1n) is 8.54. The molecule has 25 heavy (non-hydrogen) atoms. The molecule has 3 heterocycles. The topological polar surface area (TPSA) is 4.41 Å². The van der Waals surface area contributed by atoms with Gasteiger partial charge in [0.25, 0.3) is 0 Å². The molecule has 6 rings (SSSR count). The Hall–Kier alpha value is -3.32. The molecule has 0 bridgehead atoms. The Morgan fingerprint density at radius 2 is 1.20 bits per heavy atom. The molecule has 0 amide bonds. The minimum Gasteiger partial charge on any atom is -0.307 e. The van der Waals surface area contributed by atoms with Crippen molar-refractivity contribution in [3.8, 4) is 22.3 Å². The van der Waals surface area contributed by atoms with Crippen LogP contribution in [-0.2, 0) is 0 Å². The molecular formula is C24H15N. The molecule has 0 N–H and O–H groups in total. The Labute approximate surface area is 145 Å². The lowest BCUT2D eigenvalue weighted by Crippen LogP contribution is -1.95. The van der Waals surface area contributed by atoms with Gasteiger partial charge in [-0.2, -0.15) is 0 Å². The lowest BCUT2D eigenvalue weighted by molar-refractivity contribution is 1.37. The fourth-order valence-electron chi connectivity index (χ4n) is 4.63. The van der Waals surface area contributed by atoms with Gasteiger partial charge in [-0.1, -0.05) is 79.9 Å². The van der Waals surface area contributed by atoms with Crippen LogP contribution in [0.5, 0.6) is 0 Å². The normalized spacial score (nSPS) is 12.3. The van der Waals surface area contributed by atoms with Crippen LogP contribution in [0.2, 0.25) is 0 Å². The Morgan fingerprint density at radius 1 is 0.640 bits per heavy atom. The van der Waals surface area contributed by atoms with Crippen molar-refractivity contribution in [2.45, 2.75) is 0 Å². The van der Waals surface area contributed by atoms with Crippen LogP contribution < -0.4 is 5.22 Å². The van der Waals surface area contributed by atoms with E-state index in [4.69, 9.17) is 0 Å². The first kappa shape index (κ1) is 13.0. The summed E-state index contributed by atoms with van der Waals surface area (Å²) in [6.45, 7) is 8.51. The monoisotopic (exact) mass is 317 g/mol. The van der Waals surface area contributed by atoms with Crippen LogP contribution in [0.1, 0.15) is 5.56 Å². The van der Waals surface area contributed by atoms with Gasteiger partial charge in [-0.25, -0.2) is 0 Å². The molecule has 0 aliphatic carbocycles. The molecule has 5 aromatic rings. The zero-order chi connectivity index (χ0) is 16.7. The fraction of sp³-hybridized carbons (Fsp3) is 0. The fourth-order valence-corrected chi connectivity index (χ4v) is 4.63. The second kappa shape index (κ2) is 4.20. The predicted molar refractivity (Wildman–Crippen MR) is 108 cm³/mol. The highest BCUT2D eigenvalue weighted by Crippen LogP contribution is 2.45. The van der Waals surface area contributed by atoms with E-state index in [1.165, 1.54) is 55.1 Å². The van der Waals surface area contributed by atoms with Crippen LogP contribution in [0.25, 0.3) is 62.2 Å². The minimum absolute atomic E-state index is 1.09. The number of nitrogens with zero attached hydrogens (tertiary/aromatic N) is 1. The first-order chi connectivity index (χ1) is 12.3. The van der Waals surface area contributed by atoms with Crippen LogP contribution in [-0.4, -0.2) is 4.40 Å². The largest absolute Gasteiger partial charge is 0.307 e. The summed E-state index contributed by atoms with van der Waals surface area (Å²) in [5, 5.41) is 3.57. The molecule has 1 heteroatoms. The molecule has 0 fully saturated rings. The molecule has 0 radical (unpaired) electrons. The summed E-state index contributed by atoms with van der Waals surface area (Å²) in [6, 6.07) is 21.8. The van der Waals surface area contributed by atoms with Crippen LogP contribution in [0.4, 0.5) is 0 Å². The van der Waals surface area contributed by atoms with Crippen LogP contribution in [0.3, 0.4) is 0 Å². The number of hydrogen-bond donors (Lipinski definition) is 0. The molecule has 0 atom stereocenters. The van der Waals surface area contributed by atoms with E-state index in [1.807, 2.05) is 6.08 Å². The lowest BCUT2D eigenvalue weighted by Gasteiger charge is -2.09. The third-order valence-corrected chi connectivity index (χ3v) is 5.61. The Kier molecular flexibility index (Phi) is 2.19. The van der Waals surface area contributed by atoms with Gasteiger partial charge in [-0.05, 0) is 11.1 Å². The summed E-state index contributed by atoms with van der Waals surface area (Å²) < 4.78 is 2.41. The highest BCUT2D eigenvalue weighted by molar-refractivity contribution is 6.16. The van der Waals surface area contributed by atoms with Gasteiger partial charge in [-0.3, -0.25) is 0 Å². The number of rotatable bonds is 1. The van der Waals surface area contributed by atoms with Crippen molar-refractivity contribution in [1.82, 2.24) is 4.40 Å². The van der Waals surface area contributed by atoms with Gasteiger partial charge >= 0.3 is 0 Å². The second-order valence-corrected chi connectivity index (χ2v) is 6.73. The Balaban J connectivity index is 2.11. The molecule has 1 aliphatic heterocycles. The first-order valence-corrected chi connectivity index (χ1v) is 8.54. The van der Waals surface area contributed by atoms with Crippen LogP contribution >= 0.6 is 0 Å². The quantitative estimate of drug-likeness (QED) is 0.368. The van der Waals surface area contributed by atoms with Gasteiger partial charge in [0.1, 0.15) is 0 Å². The highest BCUT2D eigenvalue weighted by atomic mass is 14.9. The molecule has 0 spiro atoms. The SMILES string of the molecule is C=Cc1c2cccc3c2n2c1c(=C)c1cccc(c12)-c1ccccc1-3. The van der Waals surface area contributed by atoms with E-state index >= 15 is 0 Å². The number of fused-ring (bicyclic) bond motifs is 3. The summed E-state index contributed by atoms with van der Waals surface area (Å²) >= 11 is 0. The van der Waals surface area contributed by atoms with Crippen LogP contribution in [0, 0.1) is 0 Å². The smallest absolute Gasteiger partial charge is 0.0620 e. The van der Waals surface area contributed by atoms with Crippen molar-refractivity contribution in [3.05, 3.63) is 78.0 Å². The summed E-state index contributed by atoms with van der Waals surface area (Å²) in [5.41, 5.74) is 10.0. The average Bonchev–Trinajstić information content (AvgIpc) is 3.10. The van der Waals surface area contributed by atoms with Gasteiger partial charge in [0.15, 0.2) is 0 Å². The molecule has 3 aromatic carbocycles. The van der Waals surface area contributed by atoms with E-state index < -0.39 is 0 Å². The van der Waals surface area contributed by atoms with Gasteiger partial charge in [0, 0.05) is 32.7 Å². The molecule has 1 aliphatic rings. The minimum atomic E-state index is 1.09. The van der Waals surface area contributed by atoms with Crippen molar-refractivity contribution in [3.63, 3.8) is 0 Å². The maximum Gasteiger partial charge on any atom is 0.0620 e. The third-order valence-electron chi connectivity index (χ3n) is 5.61. The third kappa shape index (κ3) is 1.33. The lowest BCUT2D eigenvalue weighted by atomic mass is 9.93. The maximum atomic E-state index is 4.42. The van der Waals surface area contributed by atoms with Crippen molar-refractivity contribution in [2.24, 2.45) is 0 Å². The van der Waals surface area contributed by atoms with Gasteiger partial charge < -0.3 is 4.40 Å². The second-order valence-electron chi connectivity index (χ2n) is 6.73. The van der Waals surface area contributed by atoms with Crippen molar-refractivity contribution in [2.75, 3.05) is 0 Å². The van der Waals surface area contributed by atoms with Gasteiger partial charge in [-0.15, -0.1) is 0 Å². The zero-order valence-corrected chi connectivity index (χ0v) is 13.7. The van der Waals surface area contributed by atoms with Crippen molar-refractivity contribution in [1.29, 1.82) is 0 Å². The molecule has 2 aromatic heterocycles. The Bertz CT molecular complexity index is 1420. The standard InChI is InChI=1S/C24H15N/c1-3-15-19-11-7-13-21-18-9-5-4-8-17(18)20-12-6-10-16-14(2)22(15)25(23(16)20)24(19)21/h3-13H,1-2H2.